The summed E-state index contributed by atoms with van der Waals surface area (Å²) < 4.78 is 23.7. The van der Waals surface area contributed by atoms with Crippen LogP contribution in [-0.2, 0) is 20.4 Å². The molecule has 4 unspecified atom stereocenters. The van der Waals surface area contributed by atoms with Gasteiger partial charge < -0.3 is 18.8 Å². The molecule has 0 radical (unpaired) electrons. The summed E-state index contributed by atoms with van der Waals surface area (Å²) in [7, 11) is 1.29. The molecule has 1 aromatic rings. The lowest BCUT2D eigenvalue weighted by molar-refractivity contribution is -0.150. The van der Waals surface area contributed by atoms with Crippen molar-refractivity contribution < 1.29 is 23.6 Å². The summed E-state index contributed by atoms with van der Waals surface area (Å²) >= 11 is 0. The van der Waals surface area contributed by atoms with Crippen molar-refractivity contribution in [2.45, 2.75) is 71.6 Å². The van der Waals surface area contributed by atoms with E-state index in [1.165, 1.54) is 6.42 Å². The lowest BCUT2D eigenvalue weighted by atomic mass is 9.47. The maximum atomic E-state index is 12.6. The molecule has 5 rings (SSSR count). The van der Waals surface area contributed by atoms with E-state index in [-0.39, 0.29) is 25.3 Å². The first-order valence-electron chi connectivity index (χ1n) is 10.3. The zero-order valence-corrected chi connectivity index (χ0v) is 17.8. The van der Waals surface area contributed by atoms with Crippen LogP contribution in [0.1, 0.15) is 63.4 Å². The van der Waals surface area contributed by atoms with E-state index in [4.69, 9.17) is 18.8 Å². The summed E-state index contributed by atoms with van der Waals surface area (Å²) in [5.41, 5.74) is 1.14. The van der Waals surface area contributed by atoms with E-state index < -0.39 is 5.60 Å². The fourth-order valence-electron chi connectivity index (χ4n) is 5.16. The van der Waals surface area contributed by atoms with Gasteiger partial charge in [0.2, 0.25) is 0 Å². The first-order chi connectivity index (χ1) is 13.1. The van der Waals surface area contributed by atoms with Crippen LogP contribution in [-0.4, -0.2) is 38.0 Å². The number of ether oxygens (including phenoxy) is 2. The molecule has 3 saturated carbocycles. The molecule has 6 heteroatoms. The van der Waals surface area contributed by atoms with Crippen LogP contribution in [0.15, 0.2) is 18.2 Å². The summed E-state index contributed by atoms with van der Waals surface area (Å²) in [6.07, 6.45) is 3.28. The van der Waals surface area contributed by atoms with Gasteiger partial charge in [0.05, 0.1) is 19.3 Å². The Labute approximate surface area is 168 Å². The molecule has 1 saturated heterocycles. The van der Waals surface area contributed by atoms with Crippen molar-refractivity contribution in [1.82, 2.24) is 0 Å². The van der Waals surface area contributed by atoms with Crippen LogP contribution in [0.4, 0.5) is 0 Å². The predicted octanol–water partition coefficient (Wildman–Crippen LogP) is 4.07. The van der Waals surface area contributed by atoms with Crippen LogP contribution in [0.3, 0.4) is 0 Å². The zero-order valence-electron chi connectivity index (χ0n) is 17.8. The second-order valence-corrected chi connectivity index (χ2v) is 10.0. The summed E-state index contributed by atoms with van der Waals surface area (Å²) in [5.74, 6) is 1.49. The number of esters is 1. The van der Waals surface area contributed by atoms with Gasteiger partial charge in [-0.25, -0.2) is 4.79 Å². The number of methoxy groups -OCH3 is 1. The highest BCUT2D eigenvalue weighted by atomic mass is 16.7. The van der Waals surface area contributed by atoms with Gasteiger partial charge in [0.1, 0.15) is 16.9 Å². The molecule has 0 amide bonds. The van der Waals surface area contributed by atoms with E-state index in [9.17, 15) is 4.79 Å². The Morgan fingerprint density at radius 3 is 2.64 bits per heavy atom. The number of rotatable bonds is 4. The predicted molar refractivity (Wildman–Crippen MR) is 107 cm³/mol. The Hall–Kier alpha value is -1.53. The molecular formula is C22H31BO5. The number of benzene rings is 1. The normalized spacial score (nSPS) is 30.4. The fourth-order valence-corrected chi connectivity index (χ4v) is 5.16. The van der Waals surface area contributed by atoms with E-state index in [2.05, 4.69) is 13.8 Å². The van der Waals surface area contributed by atoms with Gasteiger partial charge in [0.15, 0.2) is 0 Å². The lowest BCUT2D eigenvalue weighted by Gasteiger charge is -2.60. The van der Waals surface area contributed by atoms with Crippen LogP contribution in [0.2, 0.25) is 0 Å². The third-order valence-electron chi connectivity index (χ3n) is 6.77. The quantitative estimate of drug-likeness (QED) is 0.577. The molecule has 4 fully saturated rings. The van der Waals surface area contributed by atoms with Gasteiger partial charge in [0, 0.05) is 6.32 Å². The van der Waals surface area contributed by atoms with Crippen molar-refractivity contribution in [3.63, 3.8) is 0 Å². The molecule has 0 N–H and O–H groups in total. The molecule has 1 heterocycles. The van der Waals surface area contributed by atoms with Crippen molar-refractivity contribution in [2.24, 2.45) is 17.3 Å². The molecule has 1 aromatic carbocycles. The Morgan fingerprint density at radius 2 is 2.00 bits per heavy atom. The first kappa shape index (κ1) is 19.8. The molecule has 4 atom stereocenters. The van der Waals surface area contributed by atoms with E-state index in [0.717, 1.165) is 17.9 Å². The summed E-state index contributed by atoms with van der Waals surface area (Å²) in [6, 6.07) is 5.56. The van der Waals surface area contributed by atoms with Crippen LogP contribution >= 0.6 is 0 Å². The molecule has 4 aliphatic rings. The molecule has 0 aromatic heterocycles. The number of hydrogen-bond acceptors (Lipinski definition) is 5. The van der Waals surface area contributed by atoms with Gasteiger partial charge in [0.25, 0.3) is 0 Å². The minimum absolute atomic E-state index is 0.185. The third kappa shape index (κ3) is 3.35. The minimum atomic E-state index is -0.556. The lowest BCUT2D eigenvalue weighted by Crippen LogP contribution is -2.59. The van der Waals surface area contributed by atoms with Crippen LogP contribution in [0.5, 0.6) is 5.75 Å². The summed E-state index contributed by atoms with van der Waals surface area (Å²) in [6.45, 7) is 10.3. The zero-order chi connectivity index (χ0) is 20.3. The van der Waals surface area contributed by atoms with Crippen molar-refractivity contribution in [2.75, 3.05) is 7.11 Å². The number of carbonyl (C=O) groups is 1. The topological polar surface area (TPSA) is 54.0 Å². The summed E-state index contributed by atoms with van der Waals surface area (Å²) in [4.78, 5) is 12.6. The highest BCUT2D eigenvalue weighted by Crippen LogP contribution is 2.61. The number of para-hydroxylation sites is 1. The van der Waals surface area contributed by atoms with Gasteiger partial charge in [-0.2, -0.15) is 0 Å². The second-order valence-electron chi connectivity index (χ2n) is 10.0. The van der Waals surface area contributed by atoms with Gasteiger partial charge in [-0.05, 0) is 62.5 Å². The van der Waals surface area contributed by atoms with Crippen LogP contribution in [0.25, 0.3) is 0 Å². The van der Waals surface area contributed by atoms with Crippen LogP contribution < -0.4 is 4.74 Å². The molecule has 3 aliphatic carbocycles. The van der Waals surface area contributed by atoms with Gasteiger partial charge in [-0.1, -0.05) is 26.0 Å². The standard InChI is InChI=1S/C22H31BO5/c1-21(2,3)26-20(24)15-9-7-8-13(18(15)25-6)12-23-27-17-11-14-10-16(19(17)28-23)22(14,4)5/h7-9,14,16-17,19H,10-12H2,1-6H3. The maximum absolute atomic E-state index is 12.6. The van der Waals surface area contributed by atoms with E-state index in [1.807, 2.05) is 32.9 Å². The Kier molecular flexibility index (Phi) is 4.78. The Morgan fingerprint density at radius 1 is 1.25 bits per heavy atom. The SMILES string of the molecule is COc1c(CB2OC3CC4CC(C3O2)C4(C)C)cccc1C(=O)OC(C)(C)C. The average Bonchev–Trinajstić information content (AvgIpc) is 3.02. The van der Waals surface area contributed by atoms with Gasteiger partial charge >= 0.3 is 13.1 Å². The fraction of sp³-hybridized carbons (Fsp3) is 0.682. The third-order valence-corrected chi connectivity index (χ3v) is 6.77. The number of hydrogen-bond donors (Lipinski definition) is 0. The smallest absolute Gasteiger partial charge is 0.462 e. The maximum Gasteiger partial charge on any atom is 0.462 e. The van der Waals surface area contributed by atoms with Crippen molar-refractivity contribution in [3.8, 4) is 5.75 Å². The van der Waals surface area contributed by atoms with E-state index in [0.29, 0.717) is 29.0 Å². The molecule has 152 valence electrons. The molecular weight excluding hydrogens is 355 g/mol. The molecule has 28 heavy (non-hydrogen) atoms. The van der Waals surface area contributed by atoms with E-state index >= 15 is 0 Å². The van der Waals surface area contributed by atoms with Gasteiger partial charge in [-0.3, -0.25) is 0 Å². The number of carbonyl (C=O) groups excluding carboxylic acids is 1. The molecule has 0 spiro atoms. The van der Waals surface area contributed by atoms with Crippen LogP contribution in [0, 0.1) is 17.3 Å². The minimum Gasteiger partial charge on any atom is -0.496 e. The first-order valence-corrected chi connectivity index (χ1v) is 10.3. The summed E-state index contributed by atoms with van der Waals surface area (Å²) in [5, 5.41) is 0. The largest absolute Gasteiger partial charge is 0.496 e. The molecule has 1 aliphatic heterocycles. The Bertz CT molecular complexity index is 769. The second kappa shape index (κ2) is 6.77. The average molecular weight is 386 g/mol. The molecule has 2 bridgehead atoms. The van der Waals surface area contributed by atoms with Gasteiger partial charge in [-0.15, -0.1) is 0 Å². The monoisotopic (exact) mass is 386 g/mol. The Balaban J connectivity index is 1.50. The van der Waals surface area contributed by atoms with Crippen molar-refractivity contribution >= 4 is 13.1 Å². The highest BCUT2D eigenvalue weighted by molar-refractivity contribution is 6.44. The molecule has 5 nitrogen and oxygen atoms in total. The van der Waals surface area contributed by atoms with Crippen molar-refractivity contribution in [1.29, 1.82) is 0 Å². The van der Waals surface area contributed by atoms with Crippen molar-refractivity contribution in [3.05, 3.63) is 29.3 Å². The van der Waals surface area contributed by atoms with E-state index in [1.54, 1.807) is 13.2 Å². The highest BCUT2D eigenvalue weighted by Gasteiger charge is 2.61.